The van der Waals surface area contributed by atoms with Gasteiger partial charge in [-0.05, 0) is 18.2 Å². The first-order chi connectivity index (χ1) is 8.36. The van der Waals surface area contributed by atoms with Gasteiger partial charge in [0.2, 0.25) is 10.0 Å². The SMILES string of the molecule is CCNS(=O)(=O)c1ccc(F)c(CNC(C)C)c1. The van der Waals surface area contributed by atoms with E-state index in [1.165, 1.54) is 18.2 Å². The van der Waals surface area contributed by atoms with Crippen LogP contribution < -0.4 is 10.0 Å². The molecule has 0 radical (unpaired) electrons. The van der Waals surface area contributed by atoms with Gasteiger partial charge in [0.1, 0.15) is 5.82 Å². The second-order valence-corrected chi connectivity index (χ2v) is 6.06. The Balaban J connectivity index is 3.00. The molecule has 18 heavy (non-hydrogen) atoms. The van der Waals surface area contributed by atoms with Crippen LogP contribution in [-0.2, 0) is 16.6 Å². The monoisotopic (exact) mass is 274 g/mol. The van der Waals surface area contributed by atoms with Crippen molar-refractivity contribution in [2.45, 2.75) is 38.3 Å². The van der Waals surface area contributed by atoms with Crippen LogP contribution in [0.25, 0.3) is 0 Å². The maximum absolute atomic E-state index is 13.5. The fourth-order valence-electron chi connectivity index (χ4n) is 1.44. The minimum Gasteiger partial charge on any atom is -0.310 e. The van der Waals surface area contributed by atoms with Crippen molar-refractivity contribution in [3.8, 4) is 0 Å². The minimum absolute atomic E-state index is 0.0892. The molecule has 0 heterocycles. The molecule has 0 saturated heterocycles. The van der Waals surface area contributed by atoms with Crippen molar-refractivity contribution in [2.24, 2.45) is 0 Å². The highest BCUT2D eigenvalue weighted by molar-refractivity contribution is 7.89. The van der Waals surface area contributed by atoms with Gasteiger partial charge in [-0.2, -0.15) is 0 Å². The lowest BCUT2D eigenvalue weighted by molar-refractivity contribution is 0.550. The fraction of sp³-hybridized carbons (Fsp3) is 0.500. The topological polar surface area (TPSA) is 58.2 Å². The molecule has 102 valence electrons. The van der Waals surface area contributed by atoms with Crippen LogP contribution in [0, 0.1) is 5.82 Å². The third kappa shape index (κ3) is 4.04. The summed E-state index contributed by atoms with van der Waals surface area (Å²) in [4.78, 5) is 0.0892. The van der Waals surface area contributed by atoms with Gasteiger partial charge in [0, 0.05) is 24.7 Å². The molecule has 2 N–H and O–H groups in total. The second-order valence-electron chi connectivity index (χ2n) is 4.29. The number of hydrogen-bond acceptors (Lipinski definition) is 3. The lowest BCUT2D eigenvalue weighted by atomic mass is 10.2. The van der Waals surface area contributed by atoms with Crippen molar-refractivity contribution in [1.29, 1.82) is 0 Å². The van der Waals surface area contributed by atoms with E-state index in [2.05, 4.69) is 10.0 Å². The summed E-state index contributed by atoms with van der Waals surface area (Å²) in [6.07, 6.45) is 0. The number of halogens is 1. The van der Waals surface area contributed by atoms with Crippen LogP contribution in [-0.4, -0.2) is 21.0 Å². The Morgan fingerprint density at radius 3 is 2.56 bits per heavy atom. The lowest BCUT2D eigenvalue weighted by Gasteiger charge is -2.11. The maximum atomic E-state index is 13.5. The summed E-state index contributed by atoms with van der Waals surface area (Å²) >= 11 is 0. The smallest absolute Gasteiger partial charge is 0.240 e. The predicted molar refractivity (Wildman–Crippen MR) is 69.2 cm³/mol. The molecule has 6 heteroatoms. The van der Waals surface area contributed by atoms with Gasteiger partial charge in [0.25, 0.3) is 0 Å². The molecule has 0 atom stereocenters. The van der Waals surface area contributed by atoms with E-state index in [1.54, 1.807) is 6.92 Å². The summed E-state index contributed by atoms with van der Waals surface area (Å²) in [6.45, 7) is 6.19. The highest BCUT2D eigenvalue weighted by atomic mass is 32.2. The molecular weight excluding hydrogens is 255 g/mol. The normalized spacial score (nSPS) is 12.1. The highest BCUT2D eigenvalue weighted by Gasteiger charge is 2.15. The third-order valence-corrected chi connectivity index (χ3v) is 3.91. The van der Waals surface area contributed by atoms with Crippen molar-refractivity contribution in [2.75, 3.05) is 6.54 Å². The van der Waals surface area contributed by atoms with E-state index in [0.717, 1.165) is 0 Å². The number of nitrogens with one attached hydrogen (secondary N) is 2. The van der Waals surface area contributed by atoms with E-state index in [4.69, 9.17) is 0 Å². The molecule has 0 aliphatic carbocycles. The standard InChI is InChI=1S/C12H19FN2O2S/c1-4-15-18(16,17)11-5-6-12(13)10(7-11)8-14-9(2)3/h5-7,9,14-15H,4,8H2,1-3H3. The van der Waals surface area contributed by atoms with Crippen LogP contribution in [0.2, 0.25) is 0 Å². The van der Waals surface area contributed by atoms with E-state index in [-0.39, 0.29) is 10.9 Å². The maximum Gasteiger partial charge on any atom is 0.240 e. The summed E-state index contributed by atoms with van der Waals surface area (Å²) in [5.74, 6) is -0.404. The molecule has 0 unspecified atom stereocenters. The van der Waals surface area contributed by atoms with Gasteiger partial charge in [0.05, 0.1) is 4.90 Å². The Labute approximate surface area is 108 Å². The summed E-state index contributed by atoms with van der Waals surface area (Å²) in [7, 11) is -3.53. The molecule has 0 amide bonds. The molecule has 0 aliphatic heterocycles. The summed E-state index contributed by atoms with van der Waals surface area (Å²) in [5, 5.41) is 3.06. The average Bonchev–Trinajstić information content (AvgIpc) is 2.27. The van der Waals surface area contributed by atoms with Crippen molar-refractivity contribution in [3.63, 3.8) is 0 Å². The zero-order chi connectivity index (χ0) is 13.8. The van der Waals surface area contributed by atoms with Crippen molar-refractivity contribution < 1.29 is 12.8 Å². The van der Waals surface area contributed by atoms with Gasteiger partial charge in [-0.1, -0.05) is 20.8 Å². The third-order valence-electron chi connectivity index (χ3n) is 2.36. The Morgan fingerprint density at radius 1 is 1.33 bits per heavy atom. The van der Waals surface area contributed by atoms with E-state index in [9.17, 15) is 12.8 Å². The Morgan fingerprint density at radius 2 is 2.00 bits per heavy atom. The molecule has 0 bridgehead atoms. The van der Waals surface area contributed by atoms with Crippen LogP contribution in [0.15, 0.2) is 23.1 Å². The van der Waals surface area contributed by atoms with Gasteiger partial charge in [-0.25, -0.2) is 17.5 Å². The first-order valence-corrected chi connectivity index (χ1v) is 7.36. The fourth-order valence-corrected chi connectivity index (χ4v) is 2.53. The van der Waals surface area contributed by atoms with Crippen LogP contribution in [0.1, 0.15) is 26.3 Å². The summed E-state index contributed by atoms with van der Waals surface area (Å²) in [6, 6.07) is 4.02. The molecule has 0 aromatic heterocycles. The van der Waals surface area contributed by atoms with Crippen LogP contribution >= 0.6 is 0 Å². The molecule has 4 nitrogen and oxygen atoms in total. The van der Waals surface area contributed by atoms with E-state index >= 15 is 0 Å². The Hall–Kier alpha value is -0.980. The van der Waals surface area contributed by atoms with Crippen molar-refractivity contribution in [3.05, 3.63) is 29.6 Å². The van der Waals surface area contributed by atoms with E-state index in [1.807, 2.05) is 13.8 Å². The Bertz CT molecular complexity index is 501. The largest absolute Gasteiger partial charge is 0.310 e. The molecule has 0 spiro atoms. The van der Waals surface area contributed by atoms with E-state index in [0.29, 0.717) is 18.7 Å². The molecular formula is C12H19FN2O2S. The zero-order valence-corrected chi connectivity index (χ0v) is 11.6. The van der Waals surface area contributed by atoms with Gasteiger partial charge in [0.15, 0.2) is 0 Å². The van der Waals surface area contributed by atoms with Gasteiger partial charge >= 0.3 is 0 Å². The zero-order valence-electron chi connectivity index (χ0n) is 10.8. The Kier molecular flexibility index (Phi) is 5.25. The van der Waals surface area contributed by atoms with Gasteiger partial charge < -0.3 is 5.32 Å². The molecule has 0 saturated carbocycles. The first-order valence-electron chi connectivity index (χ1n) is 5.88. The molecule has 0 aliphatic rings. The average molecular weight is 274 g/mol. The number of sulfonamides is 1. The number of benzene rings is 1. The quantitative estimate of drug-likeness (QED) is 0.829. The van der Waals surface area contributed by atoms with Crippen LogP contribution in [0.3, 0.4) is 0 Å². The van der Waals surface area contributed by atoms with Crippen LogP contribution in [0.5, 0.6) is 0 Å². The highest BCUT2D eigenvalue weighted by Crippen LogP contribution is 2.15. The number of hydrogen-bond donors (Lipinski definition) is 2. The van der Waals surface area contributed by atoms with Gasteiger partial charge in [-0.3, -0.25) is 0 Å². The number of rotatable bonds is 6. The van der Waals surface area contributed by atoms with E-state index < -0.39 is 15.8 Å². The predicted octanol–water partition coefficient (Wildman–Crippen LogP) is 1.62. The first kappa shape index (κ1) is 15.1. The van der Waals surface area contributed by atoms with Crippen LogP contribution in [0.4, 0.5) is 4.39 Å². The molecule has 1 rings (SSSR count). The molecule has 0 fully saturated rings. The second kappa shape index (κ2) is 6.26. The lowest BCUT2D eigenvalue weighted by Crippen LogP contribution is -2.25. The minimum atomic E-state index is -3.53. The molecule has 1 aromatic carbocycles. The van der Waals surface area contributed by atoms with Gasteiger partial charge in [-0.15, -0.1) is 0 Å². The summed E-state index contributed by atoms with van der Waals surface area (Å²) < 4.78 is 39.5. The molecule has 1 aromatic rings. The van der Waals surface area contributed by atoms with Crippen molar-refractivity contribution >= 4 is 10.0 Å². The van der Waals surface area contributed by atoms with Crippen molar-refractivity contribution in [1.82, 2.24) is 10.0 Å². The summed E-state index contributed by atoms with van der Waals surface area (Å²) in [5.41, 5.74) is 0.350.